The second kappa shape index (κ2) is 4.65. The SMILES string of the molecule is Nc1cc(F)c(-c2ccccc2C2CCC2)cc1F. The monoisotopic (exact) mass is 259 g/mol. The fourth-order valence-corrected chi connectivity index (χ4v) is 2.59. The fourth-order valence-electron chi connectivity index (χ4n) is 2.59. The molecule has 0 bridgehead atoms. The van der Waals surface area contributed by atoms with E-state index in [0.29, 0.717) is 11.5 Å². The van der Waals surface area contributed by atoms with Gasteiger partial charge in [0.1, 0.15) is 11.6 Å². The van der Waals surface area contributed by atoms with Crippen molar-refractivity contribution in [2.75, 3.05) is 5.73 Å². The Hall–Kier alpha value is -1.90. The number of hydrogen-bond donors (Lipinski definition) is 1. The zero-order chi connectivity index (χ0) is 13.4. The van der Waals surface area contributed by atoms with E-state index in [4.69, 9.17) is 5.73 Å². The molecule has 2 aromatic rings. The second-order valence-electron chi connectivity index (χ2n) is 5.07. The summed E-state index contributed by atoms with van der Waals surface area (Å²) in [5.74, 6) is -0.568. The Bertz CT molecular complexity index is 618. The van der Waals surface area contributed by atoms with Gasteiger partial charge in [-0.05, 0) is 36.0 Å². The van der Waals surface area contributed by atoms with Gasteiger partial charge in [-0.3, -0.25) is 0 Å². The van der Waals surface area contributed by atoms with Crippen molar-refractivity contribution >= 4 is 5.69 Å². The van der Waals surface area contributed by atoms with Gasteiger partial charge in [-0.1, -0.05) is 30.7 Å². The summed E-state index contributed by atoms with van der Waals surface area (Å²) in [5, 5.41) is 0. The molecule has 0 heterocycles. The number of nitrogen functional groups attached to an aromatic ring is 1. The van der Waals surface area contributed by atoms with Crippen LogP contribution in [-0.4, -0.2) is 0 Å². The molecule has 1 aliphatic carbocycles. The summed E-state index contributed by atoms with van der Waals surface area (Å²) in [5.41, 5.74) is 7.43. The number of rotatable bonds is 2. The zero-order valence-corrected chi connectivity index (χ0v) is 10.5. The van der Waals surface area contributed by atoms with Gasteiger partial charge in [0.2, 0.25) is 0 Å². The topological polar surface area (TPSA) is 26.0 Å². The summed E-state index contributed by atoms with van der Waals surface area (Å²) in [7, 11) is 0. The van der Waals surface area contributed by atoms with E-state index >= 15 is 0 Å². The van der Waals surface area contributed by atoms with Crippen LogP contribution in [-0.2, 0) is 0 Å². The molecule has 1 aliphatic rings. The van der Waals surface area contributed by atoms with Crippen LogP contribution < -0.4 is 5.73 Å². The highest BCUT2D eigenvalue weighted by molar-refractivity contribution is 5.70. The van der Waals surface area contributed by atoms with Crippen molar-refractivity contribution in [2.45, 2.75) is 25.2 Å². The van der Waals surface area contributed by atoms with Crippen molar-refractivity contribution in [1.82, 2.24) is 0 Å². The van der Waals surface area contributed by atoms with Gasteiger partial charge in [-0.25, -0.2) is 8.78 Å². The molecule has 0 atom stereocenters. The summed E-state index contributed by atoms with van der Waals surface area (Å²) in [6.45, 7) is 0. The molecule has 1 saturated carbocycles. The van der Waals surface area contributed by atoms with Crippen LogP contribution in [0.3, 0.4) is 0 Å². The van der Waals surface area contributed by atoms with E-state index in [9.17, 15) is 8.78 Å². The summed E-state index contributed by atoms with van der Waals surface area (Å²) >= 11 is 0. The Morgan fingerprint density at radius 3 is 2.37 bits per heavy atom. The van der Waals surface area contributed by atoms with Crippen LogP contribution in [0, 0.1) is 11.6 Å². The van der Waals surface area contributed by atoms with Gasteiger partial charge >= 0.3 is 0 Å². The van der Waals surface area contributed by atoms with Gasteiger partial charge < -0.3 is 5.73 Å². The summed E-state index contributed by atoms with van der Waals surface area (Å²) < 4.78 is 27.6. The molecule has 0 amide bonds. The first kappa shape index (κ1) is 12.2. The fraction of sp³-hybridized carbons (Fsp3) is 0.250. The molecular formula is C16H15F2N. The molecule has 1 fully saturated rings. The lowest BCUT2D eigenvalue weighted by Crippen LogP contribution is -2.10. The molecule has 2 aromatic carbocycles. The molecule has 19 heavy (non-hydrogen) atoms. The van der Waals surface area contributed by atoms with Gasteiger partial charge in [-0.15, -0.1) is 0 Å². The molecule has 0 radical (unpaired) electrons. The van der Waals surface area contributed by atoms with Gasteiger partial charge in [0.25, 0.3) is 0 Å². The number of anilines is 1. The smallest absolute Gasteiger partial charge is 0.146 e. The first-order chi connectivity index (χ1) is 9.16. The highest BCUT2D eigenvalue weighted by atomic mass is 19.1. The first-order valence-corrected chi connectivity index (χ1v) is 6.50. The quantitative estimate of drug-likeness (QED) is 0.790. The molecule has 3 rings (SSSR count). The number of nitrogens with two attached hydrogens (primary N) is 1. The third-order valence-electron chi connectivity index (χ3n) is 3.88. The van der Waals surface area contributed by atoms with Gasteiger partial charge in [0.15, 0.2) is 0 Å². The van der Waals surface area contributed by atoms with E-state index < -0.39 is 11.6 Å². The van der Waals surface area contributed by atoms with Crippen LogP contribution in [0.1, 0.15) is 30.7 Å². The van der Waals surface area contributed by atoms with E-state index in [1.807, 2.05) is 24.3 Å². The summed E-state index contributed by atoms with van der Waals surface area (Å²) in [4.78, 5) is 0. The molecule has 0 unspecified atom stereocenters. The molecule has 2 N–H and O–H groups in total. The molecule has 3 heteroatoms. The van der Waals surface area contributed by atoms with Crippen molar-refractivity contribution < 1.29 is 8.78 Å². The van der Waals surface area contributed by atoms with Crippen LogP contribution in [0.5, 0.6) is 0 Å². The van der Waals surface area contributed by atoms with E-state index in [1.54, 1.807) is 0 Å². The molecule has 0 aliphatic heterocycles. The standard InChI is InChI=1S/C16H15F2N/c17-14-9-16(19)15(18)8-13(14)12-7-2-1-6-11(12)10-4-3-5-10/h1-2,6-10H,3-5,19H2. The maximum absolute atomic E-state index is 14.0. The number of halogens is 2. The van der Waals surface area contributed by atoms with E-state index in [1.165, 1.54) is 12.5 Å². The molecule has 0 saturated heterocycles. The van der Waals surface area contributed by atoms with Gasteiger partial charge in [-0.2, -0.15) is 0 Å². The van der Waals surface area contributed by atoms with Crippen LogP contribution in [0.2, 0.25) is 0 Å². The average Bonchev–Trinajstić information content (AvgIpc) is 2.33. The van der Waals surface area contributed by atoms with E-state index in [2.05, 4.69) is 0 Å². The average molecular weight is 259 g/mol. The predicted octanol–water partition coefficient (Wildman–Crippen LogP) is 4.48. The Kier molecular flexibility index (Phi) is 2.97. The molecule has 1 nitrogen and oxygen atoms in total. The maximum atomic E-state index is 14.0. The van der Waals surface area contributed by atoms with E-state index in [-0.39, 0.29) is 5.69 Å². The highest BCUT2D eigenvalue weighted by Gasteiger charge is 2.23. The minimum atomic E-state index is -0.570. The van der Waals surface area contributed by atoms with Crippen molar-refractivity contribution in [2.24, 2.45) is 0 Å². The minimum Gasteiger partial charge on any atom is -0.396 e. The Morgan fingerprint density at radius 1 is 0.947 bits per heavy atom. The first-order valence-electron chi connectivity index (χ1n) is 6.50. The lowest BCUT2D eigenvalue weighted by molar-refractivity contribution is 0.420. The Balaban J connectivity index is 2.14. The van der Waals surface area contributed by atoms with Crippen LogP contribution in [0.25, 0.3) is 11.1 Å². The Labute approximate surface area is 111 Å². The number of hydrogen-bond acceptors (Lipinski definition) is 1. The third kappa shape index (κ3) is 2.09. The van der Waals surface area contributed by atoms with Gasteiger partial charge in [0, 0.05) is 11.6 Å². The molecule has 0 aromatic heterocycles. The normalized spacial score (nSPS) is 15.3. The summed E-state index contributed by atoms with van der Waals surface area (Å²) in [6.07, 6.45) is 3.45. The summed E-state index contributed by atoms with van der Waals surface area (Å²) in [6, 6.07) is 9.91. The lowest BCUT2D eigenvalue weighted by Gasteiger charge is -2.28. The number of benzene rings is 2. The van der Waals surface area contributed by atoms with Crippen LogP contribution >= 0.6 is 0 Å². The lowest BCUT2D eigenvalue weighted by atomic mass is 9.77. The zero-order valence-electron chi connectivity index (χ0n) is 10.5. The van der Waals surface area contributed by atoms with Crippen molar-refractivity contribution in [3.8, 4) is 11.1 Å². The van der Waals surface area contributed by atoms with Crippen molar-refractivity contribution in [3.05, 3.63) is 53.6 Å². The predicted molar refractivity (Wildman–Crippen MR) is 72.8 cm³/mol. The van der Waals surface area contributed by atoms with Crippen molar-refractivity contribution in [1.29, 1.82) is 0 Å². The molecular weight excluding hydrogens is 244 g/mol. The third-order valence-corrected chi connectivity index (χ3v) is 3.88. The van der Waals surface area contributed by atoms with Crippen molar-refractivity contribution in [3.63, 3.8) is 0 Å². The highest BCUT2D eigenvalue weighted by Crippen LogP contribution is 2.41. The molecule has 0 spiro atoms. The Morgan fingerprint density at radius 2 is 1.68 bits per heavy atom. The maximum Gasteiger partial charge on any atom is 0.146 e. The van der Waals surface area contributed by atoms with E-state index in [0.717, 1.165) is 30.0 Å². The minimum absolute atomic E-state index is 0.151. The van der Waals surface area contributed by atoms with Crippen LogP contribution in [0.15, 0.2) is 36.4 Å². The molecule has 98 valence electrons. The van der Waals surface area contributed by atoms with Crippen LogP contribution in [0.4, 0.5) is 14.5 Å². The second-order valence-corrected chi connectivity index (χ2v) is 5.07. The largest absolute Gasteiger partial charge is 0.396 e. The van der Waals surface area contributed by atoms with Gasteiger partial charge in [0.05, 0.1) is 5.69 Å².